The van der Waals surface area contributed by atoms with E-state index in [1.165, 1.54) is 11.2 Å². The molecule has 1 N–H and O–H groups in total. The summed E-state index contributed by atoms with van der Waals surface area (Å²) in [6, 6.07) is 17.3. The van der Waals surface area contributed by atoms with Crippen LogP contribution in [0.15, 0.2) is 71.6 Å². The third-order valence-electron chi connectivity index (χ3n) is 6.08. The van der Waals surface area contributed by atoms with Crippen LogP contribution in [0.3, 0.4) is 0 Å². The van der Waals surface area contributed by atoms with Crippen LogP contribution in [0.1, 0.15) is 26.2 Å². The lowest BCUT2D eigenvalue weighted by molar-refractivity contribution is -0.122. The second kappa shape index (κ2) is 8.34. The largest absolute Gasteiger partial charge is 0.326 e. The highest BCUT2D eigenvalue weighted by molar-refractivity contribution is 7.89. The summed E-state index contributed by atoms with van der Waals surface area (Å²) in [6.07, 6.45) is 1.09. The zero-order chi connectivity index (χ0) is 24.0. The van der Waals surface area contributed by atoms with Crippen LogP contribution in [0.5, 0.6) is 0 Å². The lowest BCUT2D eigenvalue weighted by atomic mass is 10.1. The zero-order valence-corrected chi connectivity index (χ0v) is 19.3. The highest BCUT2D eigenvalue weighted by Gasteiger charge is 2.51. The molecule has 1 aliphatic carbocycles. The van der Waals surface area contributed by atoms with Gasteiger partial charge in [0.05, 0.1) is 17.0 Å². The predicted molar refractivity (Wildman–Crippen MR) is 128 cm³/mol. The Morgan fingerprint density at radius 2 is 1.65 bits per heavy atom. The molecule has 1 heterocycles. The van der Waals surface area contributed by atoms with Crippen molar-refractivity contribution in [2.24, 2.45) is 0 Å². The number of amides is 3. The van der Waals surface area contributed by atoms with Crippen molar-refractivity contribution < 1.29 is 22.8 Å². The summed E-state index contributed by atoms with van der Waals surface area (Å²) in [5, 5.41) is 4.33. The van der Waals surface area contributed by atoms with Gasteiger partial charge in [-0.1, -0.05) is 30.3 Å². The molecule has 174 valence electrons. The van der Waals surface area contributed by atoms with Gasteiger partial charge in [0.15, 0.2) is 0 Å². The molecule has 0 radical (unpaired) electrons. The van der Waals surface area contributed by atoms with Crippen molar-refractivity contribution >= 4 is 49.9 Å². The molecule has 1 atom stereocenters. The van der Waals surface area contributed by atoms with Gasteiger partial charge >= 0.3 is 0 Å². The van der Waals surface area contributed by atoms with Gasteiger partial charge in [0.25, 0.3) is 5.91 Å². The van der Waals surface area contributed by atoms with Gasteiger partial charge < -0.3 is 5.32 Å². The van der Waals surface area contributed by atoms with Gasteiger partial charge in [-0.25, -0.2) is 13.3 Å². The first-order valence-electron chi connectivity index (χ1n) is 11.0. The number of nitrogens with one attached hydrogen (secondary N) is 1. The van der Waals surface area contributed by atoms with Crippen molar-refractivity contribution in [3.63, 3.8) is 0 Å². The highest BCUT2D eigenvalue weighted by Crippen LogP contribution is 2.38. The molecule has 3 amide bonds. The molecule has 34 heavy (non-hydrogen) atoms. The van der Waals surface area contributed by atoms with E-state index in [4.69, 9.17) is 0 Å². The molecule has 1 saturated heterocycles. The number of anilines is 2. The van der Waals surface area contributed by atoms with Crippen molar-refractivity contribution in [3.8, 4) is 0 Å². The molecule has 2 aliphatic rings. The topological polar surface area (TPSA) is 104 Å². The van der Waals surface area contributed by atoms with Crippen LogP contribution >= 0.6 is 0 Å². The molecule has 5 rings (SSSR count). The SMILES string of the molecule is CC(=O)Nc1ccc(N2C(=O)CC(N(C3CC3)S(=O)(=O)c3ccc4ccccc4c3)C2=O)cc1. The maximum Gasteiger partial charge on any atom is 0.252 e. The molecule has 8 nitrogen and oxygen atoms in total. The summed E-state index contributed by atoms with van der Waals surface area (Å²) in [5.41, 5.74) is 0.871. The van der Waals surface area contributed by atoms with Crippen LogP contribution in [0, 0.1) is 0 Å². The van der Waals surface area contributed by atoms with Gasteiger partial charge in [0.2, 0.25) is 21.8 Å². The van der Waals surface area contributed by atoms with E-state index < -0.39 is 27.9 Å². The minimum atomic E-state index is -4.01. The summed E-state index contributed by atoms with van der Waals surface area (Å²) in [7, 11) is -4.01. The van der Waals surface area contributed by atoms with Gasteiger partial charge in [0.1, 0.15) is 6.04 Å². The van der Waals surface area contributed by atoms with Crippen molar-refractivity contribution in [1.82, 2.24) is 4.31 Å². The minimum Gasteiger partial charge on any atom is -0.326 e. The van der Waals surface area contributed by atoms with Gasteiger partial charge in [-0.15, -0.1) is 0 Å². The van der Waals surface area contributed by atoms with Crippen LogP contribution in [0.4, 0.5) is 11.4 Å². The van der Waals surface area contributed by atoms with Crippen molar-refractivity contribution in [2.45, 2.75) is 43.2 Å². The van der Waals surface area contributed by atoms with Crippen LogP contribution < -0.4 is 10.2 Å². The number of carbonyl (C=O) groups is 3. The second-order valence-electron chi connectivity index (χ2n) is 8.59. The van der Waals surface area contributed by atoms with E-state index in [0.717, 1.165) is 15.7 Å². The summed E-state index contributed by atoms with van der Waals surface area (Å²) < 4.78 is 28.6. The van der Waals surface area contributed by atoms with E-state index in [1.807, 2.05) is 24.3 Å². The zero-order valence-electron chi connectivity index (χ0n) is 18.5. The average molecular weight is 478 g/mol. The number of benzene rings is 3. The number of rotatable bonds is 6. The van der Waals surface area contributed by atoms with Gasteiger partial charge in [0, 0.05) is 18.7 Å². The molecule has 9 heteroatoms. The Labute approximate surface area is 197 Å². The molecule has 0 aromatic heterocycles. The summed E-state index contributed by atoms with van der Waals surface area (Å²) >= 11 is 0. The molecule has 3 aromatic rings. The maximum atomic E-state index is 13.7. The molecule has 0 spiro atoms. The molecular formula is C25H23N3O5S. The van der Waals surface area contributed by atoms with Crippen molar-refractivity contribution in [2.75, 3.05) is 10.2 Å². The van der Waals surface area contributed by atoms with E-state index in [9.17, 15) is 22.8 Å². The van der Waals surface area contributed by atoms with Crippen molar-refractivity contribution in [1.29, 1.82) is 0 Å². The first-order valence-corrected chi connectivity index (χ1v) is 12.5. The lowest BCUT2D eigenvalue weighted by Crippen LogP contribution is -2.46. The number of nitrogens with zero attached hydrogens (tertiary/aromatic N) is 2. The predicted octanol–water partition coefficient (Wildman–Crippen LogP) is 3.28. The third-order valence-corrected chi connectivity index (χ3v) is 8.04. The smallest absolute Gasteiger partial charge is 0.252 e. The van der Waals surface area contributed by atoms with E-state index >= 15 is 0 Å². The quantitative estimate of drug-likeness (QED) is 0.549. The Balaban J connectivity index is 1.46. The number of sulfonamides is 1. The Kier molecular flexibility index (Phi) is 5.45. The fraction of sp³-hybridized carbons (Fsp3) is 0.240. The number of hydrogen-bond donors (Lipinski definition) is 1. The van der Waals surface area contributed by atoms with E-state index in [1.54, 1.807) is 42.5 Å². The summed E-state index contributed by atoms with van der Waals surface area (Å²) in [6.45, 7) is 1.38. The van der Waals surface area contributed by atoms with E-state index in [2.05, 4.69) is 5.32 Å². The number of imide groups is 1. The Morgan fingerprint density at radius 1 is 0.971 bits per heavy atom. The number of hydrogen-bond acceptors (Lipinski definition) is 5. The minimum absolute atomic E-state index is 0.108. The molecule has 1 saturated carbocycles. The lowest BCUT2D eigenvalue weighted by Gasteiger charge is -2.27. The second-order valence-corrected chi connectivity index (χ2v) is 10.4. The van der Waals surface area contributed by atoms with Crippen LogP contribution in [0.25, 0.3) is 10.8 Å². The summed E-state index contributed by atoms with van der Waals surface area (Å²) in [5.74, 6) is -1.25. The van der Waals surface area contributed by atoms with Gasteiger partial charge in [-0.3, -0.25) is 14.4 Å². The fourth-order valence-corrected chi connectivity index (χ4v) is 6.24. The maximum absolute atomic E-state index is 13.7. The fourth-order valence-electron chi connectivity index (χ4n) is 4.38. The third kappa shape index (κ3) is 3.97. The normalized spacial score (nSPS) is 18.6. The molecule has 2 fully saturated rings. The van der Waals surface area contributed by atoms with Gasteiger partial charge in [-0.05, 0) is 60.0 Å². The van der Waals surface area contributed by atoms with E-state index in [0.29, 0.717) is 24.2 Å². The Bertz CT molecular complexity index is 1410. The molecule has 1 unspecified atom stereocenters. The standard InChI is InChI=1S/C25H23N3O5S/c1-16(29)26-19-7-9-20(10-8-19)27-24(30)15-23(25(27)31)28(21-11-12-21)34(32,33)22-13-6-17-4-2-3-5-18(17)14-22/h2-10,13-14,21,23H,11-12,15H2,1H3,(H,26,29). The Morgan fingerprint density at radius 3 is 2.29 bits per heavy atom. The van der Waals surface area contributed by atoms with Crippen LogP contribution in [-0.4, -0.2) is 42.5 Å². The first-order chi connectivity index (χ1) is 16.3. The highest BCUT2D eigenvalue weighted by atomic mass is 32.2. The molecular weight excluding hydrogens is 454 g/mol. The monoisotopic (exact) mass is 477 g/mol. The number of carbonyl (C=O) groups excluding carboxylic acids is 3. The molecule has 0 bridgehead atoms. The average Bonchev–Trinajstić information content (AvgIpc) is 3.59. The van der Waals surface area contributed by atoms with Crippen molar-refractivity contribution in [3.05, 3.63) is 66.7 Å². The molecule has 3 aromatic carbocycles. The van der Waals surface area contributed by atoms with E-state index in [-0.39, 0.29) is 23.3 Å². The summed E-state index contributed by atoms with van der Waals surface area (Å²) in [4.78, 5) is 38.6. The number of fused-ring (bicyclic) bond motifs is 1. The van der Waals surface area contributed by atoms with Gasteiger partial charge in [-0.2, -0.15) is 4.31 Å². The van der Waals surface area contributed by atoms with Crippen LogP contribution in [0.2, 0.25) is 0 Å². The van der Waals surface area contributed by atoms with Crippen LogP contribution in [-0.2, 0) is 24.4 Å². The molecule has 1 aliphatic heterocycles. The Hall–Kier alpha value is -3.56. The first kappa shape index (κ1) is 22.2.